The number of hydrogen-bond donors (Lipinski definition) is 2. The first-order valence-corrected chi connectivity index (χ1v) is 11.5. The Labute approximate surface area is 204 Å². The van der Waals surface area contributed by atoms with Gasteiger partial charge in [0.05, 0.1) is 17.8 Å². The van der Waals surface area contributed by atoms with Crippen LogP contribution in [0.15, 0.2) is 61.2 Å². The lowest BCUT2D eigenvalue weighted by Gasteiger charge is -2.14. The number of unbranched alkanes of at least 4 members (excludes halogenated alkanes) is 1. The summed E-state index contributed by atoms with van der Waals surface area (Å²) in [5.41, 5.74) is 3.44. The van der Waals surface area contributed by atoms with Crippen LogP contribution in [0.5, 0.6) is 0 Å². The van der Waals surface area contributed by atoms with Crippen LogP contribution in [0.3, 0.4) is 0 Å². The summed E-state index contributed by atoms with van der Waals surface area (Å²) >= 11 is 6.44. The average molecular weight is 482 g/mol. The van der Waals surface area contributed by atoms with Crippen molar-refractivity contribution in [3.63, 3.8) is 0 Å². The van der Waals surface area contributed by atoms with E-state index in [2.05, 4.69) is 23.8 Å². The molecular weight excluding hydrogens is 454 g/mol. The molecule has 7 nitrogen and oxygen atoms in total. The summed E-state index contributed by atoms with van der Waals surface area (Å²) in [6, 6.07) is 14.7. The molecule has 0 fully saturated rings. The van der Waals surface area contributed by atoms with Gasteiger partial charge in [-0.15, -0.1) is 0 Å². The van der Waals surface area contributed by atoms with Crippen molar-refractivity contribution < 1.29 is 19.4 Å². The summed E-state index contributed by atoms with van der Waals surface area (Å²) in [5.74, 6) is -0.111. The second kappa shape index (κ2) is 12.0. The first-order valence-electron chi connectivity index (χ1n) is 11.1. The van der Waals surface area contributed by atoms with Gasteiger partial charge in [-0.25, -0.2) is 14.6 Å². The van der Waals surface area contributed by atoms with Crippen LogP contribution in [-0.4, -0.2) is 33.3 Å². The first-order chi connectivity index (χ1) is 16.4. The molecule has 0 unspecified atom stereocenters. The fraction of sp³-hybridized carbons (Fsp3) is 0.269. The third-order valence-corrected chi connectivity index (χ3v) is 5.65. The van der Waals surface area contributed by atoms with Gasteiger partial charge in [-0.3, -0.25) is 0 Å². The lowest BCUT2D eigenvalue weighted by molar-refractivity contribution is 0.0697. The number of alkyl carbamates (subject to hydrolysis) is 1. The summed E-state index contributed by atoms with van der Waals surface area (Å²) < 4.78 is 7.00. The molecule has 0 spiro atoms. The molecule has 8 heteroatoms. The first kappa shape index (κ1) is 25.1. The molecule has 2 aromatic carbocycles. The lowest BCUT2D eigenvalue weighted by atomic mass is 9.99. The van der Waals surface area contributed by atoms with Crippen molar-refractivity contribution in [2.75, 3.05) is 6.61 Å². The fourth-order valence-electron chi connectivity index (χ4n) is 3.62. The van der Waals surface area contributed by atoms with Crippen molar-refractivity contribution >= 4 is 23.7 Å². The topological polar surface area (TPSA) is 93.5 Å². The minimum Gasteiger partial charge on any atom is -0.478 e. The number of nitrogens with zero attached hydrogens (tertiary/aromatic N) is 2. The number of imidazole rings is 1. The SMILES string of the molecule is C=CCOC(=O)NCc1c(Cl)nc(CCCC)n1Cc1ccc(-c2ccccc2C(=O)O)cc1. The third-order valence-electron chi connectivity index (χ3n) is 5.35. The Morgan fingerprint density at radius 2 is 1.94 bits per heavy atom. The highest BCUT2D eigenvalue weighted by atomic mass is 35.5. The maximum atomic E-state index is 11.9. The number of aryl methyl sites for hydroxylation is 1. The molecule has 0 bridgehead atoms. The van der Waals surface area contributed by atoms with Crippen molar-refractivity contribution in [3.8, 4) is 11.1 Å². The van der Waals surface area contributed by atoms with Gasteiger partial charge in [0.1, 0.15) is 12.4 Å². The van der Waals surface area contributed by atoms with Crippen LogP contribution in [0, 0.1) is 0 Å². The predicted octanol–water partition coefficient (Wildman–Crippen LogP) is 5.70. The van der Waals surface area contributed by atoms with Crippen molar-refractivity contribution in [1.29, 1.82) is 0 Å². The Bertz CT molecular complexity index is 1160. The number of benzene rings is 2. The van der Waals surface area contributed by atoms with E-state index in [4.69, 9.17) is 16.3 Å². The molecule has 0 aliphatic heterocycles. The van der Waals surface area contributed by atoms with Gasteiger partial charge in [0.15, 0.2) is 5.15 Å². The largest absolute Gasteiger partial charge is 0.478 e. The number of carbonyl (C=O) groups excluding carboxylic acids is 1. The maximum Gasteiger partial charge on any atom is 0.407 e. The van der Waals surface area contributed by atoms with E-state index < -0.39 is 12.1 Å². The van der Waals surface area contributed by atoms with Crippen molar-refractivity contribution in [2.24, 2.45) is 0 Å². The third kappa shape index (κ3) is 6.26. The summed E-state index contributed by atoms with van der Waals surface area (Å²) in [6.45, 7) is 6.45. The number of nitrogens with one attached hydrogen (secondary N) is 1. The minimum absolute atomic E-state index is 0.123. The van der Waals surface area contributed by atoms with E-state index in [-0.39, 0.29) is 18.7 Å². The molecule has 1 amide bonds. The second-order valence-electron chi connectivity index (χ2n) is 7.74. The summed E-state index contributed by atoms with van der Waals surface area (Å²) in [7, 11) is 0. The molecule has 1 aromatic heterocycles. The molecule has 0 saturated heterocycles. The lowest BCUT2D eigenvalue weighted by Crippen LogP contribution is -2.25. The molecule has 3 rings (SSSR count). The molecule has 34 heavy (non-hydrogen) atoms. The van der Waals surface area contributed by atoms with Gasteiger partial charge in [-0.05, 0) is 29.2 Å². The summed E-state index contributed by atoms with van der Waals surface area (Å²) in [6.07, 6.45) is 3.69. The van der Waals surface area contributed by atoms with E-state index >= 15 is 0 Å². The molecule has 2 N–H and O–H groups in total. The van der Waals surface area contributed by atoms with Crippen LogP contribution in [0.25, 0.3) is 11.1 Å². The van der Waals surface area contributed by atoms with E-state index in [0.29, 0.717) is 23.0 Å². The van der Waals surface area contributed by atoms with E-state index in [9.17, 15) is 14.7 Å². The van der Waals surface area contributed by atoms with Crippen molar-refractivity contribution in [2.45, 2.75) is 39.3 Å². The number of carboxylic acid groups (broad SMARTS) is 1. The van der Waals surface area contributed by atoms with Gasteiger partial charge in [-0.2, -0.15) is 0 Å². The van der Waals surface area contributed by atoms with Gasteiger partial charge >= 0.3 is 12.1 Å². The number of rotatable bonds is 11. The van der Waals surface area contributed by atoms with Gasteiger partial charge in [0.25, 0.3) is 0 Å². The van der Waals surface area contributed by atoms with E-state index in [1.54, 1.807) is 18.2 Å². The highest BCUT2D eigenvalue weighted by molar-refractivity contribution is 6.30. The Kier molecular flexibility index (Phi) is 8.87. The van der Waals surface area contributed by atoms with E-state index in [1.807, 2.05) is 34.9 Å². The Hall–Kier alpha value is -3.58. The highest BCUT2D eigenvalue weighted by Gasteiger charge is 2.17. The Balaban J connectivity index is 1.85. The molecular formula is C26H28ClN3O4. The number of ether oxygens (including phenoxy) is 1. The molecule has 178 valence electrons. The Morgan fingerprint density at radius 1 is 1.21 bits per heavy atom. The van der Waals surface area contributed by atoms with Gasteiger partial charge in [0, 0.05) is 13.0 Å². The predicted molar refractivity (Wildman–Crippen MR) is 132 cm³/mol. The number of aromatic nitrogens is 2. The van der Waals surface area contributed by atoms with E-state index in [0.717, 1.165) is 36.2 Å². The zero-order valence-electron chi connectivity index (χ0n) is 19.1. The number of halogens is 1. The highest BCUT2D eigenvalue weighted by Crippen LogP contribution is 2.26. The standard InChI is InChI=1S/C26H28ClN3O4/c1-3-5-10-23-29-24(27)22(16-28-26(33)34-15-4-2)30(23)17-18-11-13-19(14-12-18)20-8-6-7-9-21(20)25(31)32/h4,6-9,11-14H,2-3,5,10,15-17H2,1H3,(H,28,33)(H,31,32). The second-order valence-corrected chi connectivity index (χ2v) is 8.10. The molecule has 0 atom stereocenters. The molecule has 0 radical (unpaired) electrons. The molecule has 3 aromatic rings. The van der Waals surface area contributed by atoms with Crippen LogP contribution in [0.2, 0.25) is 5.15 Å². The average Bonchev–Trinajstić information content (AvgIpc) is 3.14. The van der Waals surface area contributed by atoms with Crippen LogP contribution in [-0.2, 0) is 24.2 Å². The monoisotopic (exact) mass is 481 g/mol. The normalized spacial score (nSPS) is 10.6. The molecule has 1 heterocycles. The Morgan fingerprint density at radius 3 is 2.62 bits per heavy atom. The van der Waals surface area contributed by atoms with Crippen LogP contribution >= 0.6 is 11.6 Å². The molecule has 0 aliphatic carbocycles. The van der Waals surface area contributed by atoms with Gasteiger partial charge in [0.2, 0.25) is 0 Å². The number of aromatic carboxylic acids is 1. The van der Waals surface area contributed by atoms with Gasteiger partial charge < -0.3 is 19.7 Å². The zero-order chi connectivity index (χ0) is 24.5. The van der Waals surface area contributed by atoms with Crippen LogP contribution in [0.4, 0.5) is 4.79 Å². The summed E-state index contributed by atoms with van der Waals surface area (Å²) in [5, 5.41) is 12.5. The number of carbonyl (C=O) groups is 2. The van der Waals surface area contributed by atoms with Crippen molar-refractivity contribution in [3.05, 3.63) is 89.0 Å². The molecule has 0 aliphatic rings. The number of carboxylic acids is 1. The van der Waals surface area contributed by atoms with Gasteiger partial charge in [-0.1, -0.05) is 80.1 Å². The quantitative estimate of drug-likeness (QED) is 0.342. The van der Waals surface area contributed by atoms with Crippen LogP contribution in [0.1, 0.15) is 47.2 Å². The number of amides is 1. The molecule has 0 saturated carbocycles. The fourth-order valence-corrected chi connectivity index (χ4v) is 3.89. The zero-order valence-corrected chi connectivity index (χ0v) is 19.8. The van der Waals surface area contributed by atoms with Crippen molar-refractivity contribution in [1.82, 2.24) is 14.9 Å². The smallest absolute Gasteiger partial charge is 0.407 e. The number of hydrogen-bond acceptors (Lipinski definition) is 4. The summed E-state index contributed by atoms with van der Waals surface area (Å²) in [4.78, 5) is 28.0. The van der Waals surface area contributed by atoms with Crippen LogP contribution < -0.4 is 5.32 Å². The maximum absolute atomic E-state index is 11.9. The minimum atomic E-state index is -0.961. The van der Waals surface area contributed by atoms with E-state index in [1.165, 1.54) is 6.08 Å².